The fourth-order valence-electron chi connectivity index (χ4n) is 2.43. The molecule has 2 heterocycles. The van der Waals surface area contributed by atoms with E-state index in [2.05, 4.69) is 9.97 Å². The second-order valence-corrected chi connectivity index (χ2v) is 6.46. The highest BCUT2D eigenvalue weighted by Crippen LogP contribution is 2.32. The Morgan fingerprint density at radius 1 is 1.13 bits per heavy atom. The predicted octanol–water partition coefficient (Wildman–Crippen LogP) is 2.66. The third-order valence-electron chi connectivity index (χ3n) is 3.40. The quantitative estimate of drug-likeness (QED) is 0.639. The molecule has 0 aliphatic carbocycles. The van der Waals surface area contributed by atoms with Crippen molar-refractivity contribution in [1.29, 1.82) is 0 Å². The number of hydrogen-bond donors (Lipinski definition) is 0. The largest absolute Gasteiger partial charge is 0.274 e. The van der Waals surface area contributed by atoms with Crippen LogP contribution in [0.4, 0.5) is 10.1 Å². The van der Waals surface area contributed by atoms with Crippen LogP contribution in [0.2, 0.25) is 0 Å². The molecule has 118 valence electrons. The van der Waals surface area contributed by atoms with Gasteiger partial charge < -0.3 is 0 Å². The summed E-state index contributed by atoms with van der Waals surface area (Å²) in [6.07, 6.45) is 0.0806. The van der Waals surface area contributed by atoms with Gasteiger partial charge in [-0.2, -0.15) is 0 Å². The van der Waals surface area contributed by atoms with Crippen LogP contribution in [-0.4, -0.2) is 27.0 Å². The van der Waals surface area contributed by atoms with E-state index < -0.39 is 11.1 Å². The molecule has 0 spiro atoms. The van der Waals surface area contributed by atoms with E-state index in [4.69, 9.17) is 0 Å². The van der Waals surface area contributed by atoms with Crippen molar-refractivity contribution in [3.8, 4) is 0 Å². The molecule has 0 bridgehead atoms. The van der Waals surface area contributed by atoms with Crippen molar-refractivity contribution in [1.82, 2.24) is 9.97 Å². The van der Waals surface area contributed by atoms with Gasteiger partial charge in [0.25, 0.3) is 0 Å². The molecule has 5 nitrogen and oxygen atoms in total. The number of carbonyl (C=O) groups excluding carboxylic acids is 2. The molecule has 1 atom stereocenters. The van der Waals surface area contributed by atoms with Gasteiger partial charge in [-0.1, -0.05) is 11.8 Å². The number of aromatic nitrogens is 2. The molecule has 0 saturated carbocycles. The van der Waals surface area contributed by atoms with E-state index in [0.717, 1.165) is 16.3 Å². The number of amides is 2. The van der Waals surface area contributed by atoms with E-state index in [1.807, 2.05) is 19.9 Å². The molecule has 1 fully saturated rings. The Hall–Kier alpha value is -2.28. The van der Waals surface area contributed by atoms with Gasteiger partial charge in [-0.3, -0.25) is 9.59 Å². The van der Waals surface area contributed by atoms with Crippen LogP contribution in [0.3, 0.4) is 0 Å². The third-order valence-corrected chi connectivity index (χ3v) is 4.45. The zero-order valence-corrected chi connectivity index (χ0v) is 13.4. The summed E-state index contributed by atoms with van der Waals surface area (Å²) in [6, 6.07) is 7.14. The summed E-state index contributed by atoms with van der Waals surface area (Å²) in [5.41, 5.74) is 2.00. The highest BCUT2D eigenvalue weighted by atomic mass is 32.2. The first kappa shape index (κ1) is 15.6. The smallest absolute Gasteiger partial charge is 0.247 e. The Labute approximate surface area is 136 Å². The fourth-order valence-corrected chi connectivity index (χ4v) is 3.51. The van der Waals surface area contributed by atoms with Crippen molar-refractivity contribution in [2.24, 2.45) is 0 Å². The number of carbonyl (C=O) groups is 2. The Morgan fingerprint density at radius 2 is 1.74 bits per heavy atom. The van der Waals surface area contributed by atoms with E-state index in [0.29, 0.717) is 10.8 Å². The number of hydrogen-bond acceptors (Lipinski definition) is 5. The summed E-state index contributed by atoms with van der Waals surface area (Å²) in [4.78, 5) is 34.3. The van der Waals surface area contributed by atoms with Crippen molar-refractivity contribution in [2.75, 3.05) is 4.90 Å². The molecule has 7 heteroatoms. The summed E-state index contributed by atoms with van der Waals surface area (Å²) in [5.74, 6) is -1.04. The molecule has 0 radical (unpaired) electrons. The summed E-state index contributed by atoms with van der Waals surface area (Å²) in [5, 5.41) is -0.0802. The van der Waals surface area contributed by atoms with Crippen LogP contribution < -0.4 is 4.90 Å². The number of halogens is 1. The number of thioether (sulfide) groups is 1. The minimum atomic E-state index is -0.561. The minimum absolute atomic E-state index is 0.0806. The van der Waals surface area contributed by atoms with Gasteiger partial charge >= 0.3 is 0 Å². The fraction of sp³-hybridized carbons (Fsp3) is 0.250. The maximum atomic E-state index is 13.0. The first-order valence-corrected chi connectivity index (χ1v) is 7.93. The number of nitrogens with zero attached hydrogens (tertiary/aromatic N) is 3. The second-order valence-electron chi connectivity index (χ2n) is 5.29. The van der Waals surface area contributed by atoms with Crippen molar-refractivity contribution in [3.63, 3.8) is 0 Å². The van der Waals surface area contributed by atoms with Crippen LogP contribution in [0, 0.1) is 19.7 Å². The maximum Gasteiger partial charge on any atom is 0.247 e. The van der Waals surface area contributed by atoms with E-state index in [-0.39, 0.29) is 18.2 Å². The van der Waals surface area contributed by atoms with Gasteiger partial charge in [-0.25, -0.2) is 19.3 Å². The first-order valence-electron chi connectivity index (χ1n) is 7.05. The lowest BCUT2D eigenvalue weighted by molar-refractivity contribution is -0.121. The number of benzene rings is 1. The van der Waals surface area contributed by atoms with Crippen LogP contribution >= 0.6 is 11.8 Å². The molecule has 1 aliphatic rings. The van der Waals surface area contributed by atoms with Crippen molar-refractivity contribution in [2.45, 2.75) is 30.7 Å². The van der Waals surface area contributed by atoms with Gasteiger partial charge in [0.1, 0.15) is 11.1 Å². The molecule has 1 saturated heterocycles. The number of rotatable bonds is 3. The highest BCUT2D eigenvalue weighted by molar-refractivity contribution is 8.00. The Kier molecular flexibility index (Phi) is 4.12. The molecule has 1 aromatic heterocycles. The standard InChI is InChI=1S/C16H14FN3O2S/c1-9-7-10(2)19-16(18-9)23-13-8-14(21)20(15(13)22)12-5-3-11(17)4-6-12/h3-7,13H,8H2,1-2H3/t13-/m0/s1. The van der Waals surface area contributed by atoms with E-state index in [9.17, 15) is 14.0 Å². The van der Waals surface area contributed by atoms with E-state index >= 15 is 0 Å². The van der Waals surface area contributed by atoms with Gasteiger partial charge in [0.15, 0.2) is 5.16 Å². The molecule has 2 amide bonds. The molecule has 0 unspecified atom stereocenters. The number of imide groups is 1. The Balaban J connectivity index is 1.82. The zero-order chi connectivity index (χ0) is 16.6. The van der Waals surface area contributed by atoms with E-state index in [1.54, 1.807) is 0 Å². The highest BCUT2D eigenvalue weighted by Gasteiger charge is 2.40. The molecule has 0 N–H and O–H groups in total. The average Bonchev–Trinajstić information content (AvgIpc) is 2.74. The lowest BCUT2D eigenvalue weighted by Gasteiger charge is -2.14. The maximum absolute atomic E-state index is 13.0. The summed E-state index contributed by atoms with van der Waals surface area (Å²) in [7, 11) is 0. The first-order chi connectivity index (χ1) is 10.9. The van der Waals surface area contributed by atoms with E-state index in [1.165, 1.54) is 36.0 Å². The number of aryl methyl sites for hydroxylation is 2. The van der Waals surface area contributed by atoms with Crippen LogP contribution in [-0.2, 0) is 9.59 Å². The third kappa shape index (κ3) is 3.24. The van der Waals surface area contributed by atoms with Crippen molar-refractivity contribution < 1.29 is 14.0 Å². The Bertz CT molecular complexity index is 759. The lowest BCUT2D eigenvalue weighted by Crippen LogP contribution is -2.31. The Morgan fingerprint density at radius 3 is 2.35 bits per heavy atom. The van der Waals surface area contributed by atoms with Crippen molar-refractivity contribution >= 4 is 29.3 Å². The summed E-state index contributed by atoms with van der Waals surface area (Å²) < 4.78 is 13.0. The minimum Gasteiger partial charge on any atom is -0.274 e. The monoisotopic (exact) mass is 331 g/mol. The van der Waals surface area contributed by atoms with Crippen LogP contribution in [0.25, 0.3) is 0 Å². The molecule has 2 aromatic rings. The van der Waals surface area contributed by atoms with Gasteiger partial charge in [0.2, 0.25) is 11.8 Å². The van der Waals surface area contributed by atoms with Gasteiger partial charge in [-0.05, 0) is 44.2 Å². The van der Waals surface area contributed by atoms with Gasteiger partial charge in [-0.15, -0.1) is 0 Å². The normalized spacial score (nSPS) is 17.9. The number of anilines is 1. The zero-order valence-electron chi connectivity index (χ0n) is 12.6. The average molecular weight is 331 g/mol. The molecule has 23 heavy (non-hydrogen) atoms. The summed E-state index contributed by atoms with van der Waals surface area (Å²) in [6.45, 7) is 3.70. The van der Waals surface area contributed by atoms with Crippen LogP contribution in [0.5, 0.6) is 0 Å². The van der Waals surface area contributed by atoms with Crippen LogP contribution in [0.1, 0.15) is 17.8 Å². The molecular weight excluding hydrogens is 317 g/mol. The second kappa shape index (κ2) is 6.08. The molecule has 1 aliphatic heterocycles. The van der Waals surface area contributed by atoms with Crippen LogP contribution in [0.15, 0.2) is 35.5 Å². The molecule has 1 aromatic carbocycles. The predicted molar refractivity (Wildman–Crippen MR) is 84.7 cm³/mol. The molecule has 3 rings (SSSR count). The lowest BCUT2D eigenvalue weighted by atomic mass is 10.3. The topological polar surface area (TPSA) is 63.2 Å². The van der Waals surface area contributed by atoms with Gasteiger partial charge in [0.05, 0.1) is 5.69 Å². The van der Waals surface area contributed by atoms with Crippen molar-refractivity contribution in [3.05, 3.63) is 47.5 Å². The van der Waals surface area contributed by atoms with Gasteiger partial charge in [0, 0.05) is 17.8 Å². The summed E-state index contributed by atoms with van der Waals surface area (Å²) >= 11 is 1.18. The molecular formula is C16H14FN3O2S. The SMILES string of the molecule is Cc1cc(C)nc(S[C@H]2CC(=O)N(c3ccc(F)cc3)C2=O)n1.